The zero-order valence-electron chi connectivity index (χ0n) is 9.20. The Bertz CT molecular complexity index is 416. The molecule has 0 aliphatic heterocycles. The second kappa shape index (κ2) is 5.16. The first kappa shape index (κ1) is 12.0. The number of hydrogen-bond donors (Lipinski definition) is 3. The van der Waals surface area contributed by atoms with Crippen LogP contribution in [0.3, 0.4) is 0 Å². The molecular weight excluding hydrogens is 208 g/mol. The lowest BCUT2D eigenvalue weighted by atomic mass is 10.1. The van der Waals surface area contributed by atoms with E-state index >= 15 is 0 Å². The second-order valence-corrected chi connectivity index (χ2v) is 3.33. The molecule has 0 heterocycles. The highest BCUT2D eigenvalue weighted by atomic mass is 16.3. The van der Waals surface area contributed by atoms with Crippen molar-refractivity contribution >= 4 is 11.8 Å². The largest absolute Gasteiger partial charge is 0.507 e. The summed E-state index contributed by atoms with van der Waals surface area (Å²) < 4.78 is 0. The molecular formula is C11H14N2O3. The first-order valence-electron chi connectivity index (χ1n) is 4.83. The quantitative estimate of drug-likeness (QED) is 0.682. The highest BCUT2D eigenvalue weighted by Gasteiger charge is 2.12. The van der Waals surface area contributed by atoms with Crippen LogP contribution in [0.1, 0.15) is 15.9 Å². The van der Waals surface area contributed by atoms with Crippen LogP contribution < -0.4 is 10.6 Å². The van der Waals surface area contributed by atoms with Crippen molar-refractivity contribution in [2.75, 3.05) is 13.6 Å². The molecule has 5 heteroatoms. The van der Waals surface area contributed by atoms with Crippen molar-refractivity contribution in [2.24, 2.45) is 0 Å². The molecule has 0 saturated carbocycles. The topological polar surface area (TPSA) is 78.4 Å². The number of hydrogen-bond acceptors (Lipinski definition) is 3. The maximum Gasteiger partial charge on any atom is 0.255 e. The number of aryl methyl sites for hydroxylation is 1. The minimum Gasteiger partial charge on any atom is -0.507 e. The van der Waals surface area contributed by atoms with Crippen LogP contribution in [0.2, 0.25) is 0 Å². The van der Waals surface area contributed by atoms with Crippen molar-refractivity contribution in [1.82, 2.24) is 10.6 Å². The second-order valence-electron chi connectivity index (χ2n) is 3.33. The SMILES string of the molecule is CNC(=O)CNC(=O)c1cccc(C)c1O. The van der Waals surface area contributed by atoms with E-state index in [0.29, 0.717) is 5.56 Å². The van der Waals surface area contributed by atoms with Gasteiger partial charge in [-0.25, -0.2) is 0 Å². The summed E-state index contributed by atoms with van der Waals surface area (Å²) in [7, 11) is 1.48. The van der Waals surface area contributed by atoms with Crippen molar-refractivity contribution in [3.05, 3.63) is 29.3 Å². The molecule has 0 spiro atoms. The highest BCUT2D eigenvalue weighted by molar-refractivity contribution is 5.98. The van der Waals surface area contributed by atoms with Gasteiger partial charge in [0.25, 0.3) is 5.91 Å². The zero-order chi connectivity index (χ0) is 12.1. The van der Waals surface area contributed by atoms with E-state index in [1.54, 1.807) is 19.1 Å². The summed E-state index contributed by atoms with van der Waals surface area (Å²) in [6, 6.07) is 4.87. The summed E-state index contributed by atoms with van der Waals surface area (Å²) in [6.45, 7) is 1.59. The van der Waals surface area contributed by atoms with Crippen LogP contribution in [0.4, 0.5) is 0 Å². The third kappa shape index (κ3) is 2.73. The molecule has 16 heavy (non-hydrogen) atoms. The summed E-state index contributed by atoms with van der Waals surface area (Å²) in [5, 5.41) is 14.4. The Morgan fingerprint density at radius 2 is 2.06 bits per heavy atom. The van der Waals surface area contributed by atoms with Crippen LogP contribution >= 0.6 is 0 Å². The third-order valence-electron chi connectivity index (χ3n) is 2.17. The molecule has 5 nitrogen and oxygen atoms in total. The molecule has 0 unspecified atom stereocenters. The van der Waals surface area contributed by atoms with Gasteiger partial charge in [0.15, 0.2) is 0 Å². The first-order chi connectivity index (χ1) is 7.56. The molecule has 0 radical (unpaired) electrons. The Kier molecular flexibility index (Phi) is 3.88. The van der Waals surface area contributed by atoms with Gasteiger partial charge in [-0.2, -0.15) is 0 Å². The number of phenols is 1. The fourth-order valence-corrected chi connectivity index (χ4v) is 1.19. The van der Waals surface area contributed by atoms with Crippen LogP contribution in [0.25, 0.3) is 0 Å². The number of benzene rings is 1. The molecule has 0 aromatic heterocycles. The number of aromatic hydroxyl groups is 1. The number of phenolic OH excluding ortho intramolecular Hbond substituents is 1. The van der Waals surface area contributed by atoms with E-state index in [2.05, 4.69) is 10.6 Å². The lowest BCUT2D eigenvalue weighted by Crippen LogP contribution is -2.35. The molecule has 0 fully saturated rings. The minimum atomic E-state index is -0.468. The predicted octanol–water partition coefficient (Wildman–Crippen LogP) is 0.176. The summed E-state index contributed by atoms with van der Waals surface area (Å²) in [5.74, 6) is -0.817. The van der Waals surface area contributed by atoms with Gasteiger partial charge in [0.05, 0.1) is 12.1 Å². The summed E-state index contributed by atoms with van der Waals surface area (Å²) in [4.78, 5) is 22.5. The Morgan fingerprint density at radius 1 is 1.38 bits per heavy atom. The molecule has 3 N–H and O–H groups in total. The fraction of sp³-hybridized carbons (Fsp3) is 0.273. The van der Waals surface area contributed by atoms with Gasteiger partial charge in [0, 0.05) is 7.05 Å². The van der Waals surface area contributed by atoms with Crippen LogP contribution in [-0.4, -0.2) is 30.5 Å². The summed E-state index contributed by atoms with van der Waals surface area (Å²) in [6.07, 6.45) is 0. The standard InChI is InChI=1S/C11H14N2O3/c1-7-4-3-5-8(10(7)15)11(16)13-6-9(14)12-2/h3-5,15H,6H2,1-2H3,(H,12,14)(H,13,16). The van der Waals surface area contributed by atoms with E-state index < -0.39 is 5.91 Å². The molecule has 86 valence electrons. The normalized spacial score (nSPS) is 9.62. The van der Waals surface area contributed by atoms with E-state index in [1.165, 1.54) is 13.1 Å². The average molecular weight is 222 g/mol. The van der Waals surface area contributed by atoms with Crippen molar-refractivity contribution in [3.8, 4) is 5.75 Å². The van der Waals surface area contributed by atoms with Gasteiger partial charge in [-0.1, -0.05) is 12.1 Å². The molecule has 0 atom stereocenters. The van der Waals surface area contributed by atoms with Gasteiger partial charge in [-0.05, 0) is 18.6 Å². The van der Waals surface area contributed by atoms with E-state index in [9.17, 15) is 14.7 Å². The van der Waals surface area contributed by atoms with Crippen LogP contribution in [0.5, 0.6) is 5.75 Å². The maximum atomic E-state index is 11.6. The van der Waals surface area contributed by atoms with Gasteiger partial charge >= 0.3 is 0 Å². The minimum absolute atomic E-state index is 0.0584. The summed E-state index contributed by atoms with van der Waals surface area (Å²) >= 11 is 0. The van der Waals surface area contributed by atoms with Crippen molar-refractivity contribution < 1.29 is 14.7 Å². The van der Waals surface area contributed by atoms with Gasteiger partial charge in [0.1, 0.15) is 5.75 Å². The van der Waals surface area contributed by atoms with E-state index in [1.807, 2.05) is 0 Å². The third-order valence-corrected chi connectivity index (χ3v) is 2.17. The average Bonchev–Trinajstić information content (AvgIpc) is 2.29. The number of carbonyl (C=O) groups excluding carboxylic acids is 2. The Balaban J connectivity index is 2.74. The molecule has 1 aromatic rings. The highest BCUT2D eigenvalue weighted by Crippen LogP contribution is 2.20. The number of nitrogens with one attached hydrogen (secondary N) is 2. The molecule has 0 aliphatic rings. The van der Waals surface area contributed by atoms with E-state index in [-0.39, 0.29) is 23.8 Å². The monoisotopic (exact) mass is 222 g/mol. The maximum absolute atomic E-state index is 11.6. The number of rotatable bonds is 3. The lowest BCUT2D eigenvalue weighted by molar-refractivity contribution is -0.119. The molecule has 0 aliphatic carbocycles. The Morgan fingerprint density at radius 3 is 2.69 bits per heavy atom. The Hall–Kier alpha value is -2.04. The van der Waals surface area contributed by atoms with Gasteiger partial charge in [0.2, 0.25) is 5.91 Å². The number of amides is 2. The van der Waals surface area contributed by atoms with Crippen LogP contribution in [0, 0.1) is 6.92 Å². The predicted molar refractivity (Wildman–Crippen MR) is 59.2 cm³/mol. The van der Waals surface area contributed by atoms with Crippen molar-refractivity contribution in [3.63, 3.8) is 0 Å². The molecule has 2 amide bonds. The number of likely N-dealkylation sites (N-methyl/N-ethyl adjacent to an activating group) is 1. The smallest absolute Gasteiger partial charge is 0.255 e. The van der Waals surface area contributed by atoms with Crippen molar-refractivity contribution in [1.29, 1.82) is 0 Å². The van der Waals surface area contributed by atoms with E-state index in [4.69, 9.17) is 0 Å². The van der Waals surface area contributed by atoms with Crippen LogP contribution in [0.15, 0.2) is 18.2 Å². The van der Waals surface area contributed by atoms with Gasteiger partial charge in [-0.15, -0.1) is 0 Å². The zero-order valence-corrected chi connectivity index (χ0v) is 9.20. The molecule has 0 saturated heterocycles. The first-order valence-corrected chi connectivity index (χ1v) is 4.83. The Labute approximate surface area is 93.5 Å². The lowest BCUT2D eigenvalue weighted by Gasteiger charge is -2.07. The number of para-hydroxylation sites is 1. The molecule has 1 rings (SSSR count). The fourth-order valence-electron chi connectivity index (χ4n) is 1.19. The summed E-state index contributed by atoms with van der Waals surface area (Å²) in [5.41, 5.74) is 0.788. The van der Waals surface area contributed by atoms with Gasteiger partial charge in [-0.3, -0.25) is 9.59 Å². The molecule has 1 aromatic carbocycles. The van der Waals surface area contributed by atoms with Gasteiger partial charge < -0.3 is 15.7 Å². The number of carbonyl (C=O) groups is 2. The van der Waals surface area contributed by atoms with Crippen LogP contribution in [-0.2, 0) is 4.79 Å². The van der Waals surface area contributed by atoms with E-state index in [0.717, 1.165) is 0 Å². The molecule has 0 bridgehead atoms. The van der Waals surface area contributed by atoms with Crippen molar-refractivity contribution in [2.45, 2.75) is 6.92 Å².